The lowest BCUT2D eigenvalue weighted by Crippen LogP contribution is -1.98. The molecule has 0 aliphatic rings. The van der Waals surface area contributed by atoms with Crippen molar-refractivity contribution < 1.29 is 9.90 Å². The van der Waals surface area contributed by atoms with E-state index in [4.69, 9.17) is 5.11 Å². The molecule has 98 valence electrons. The van der Waals surface area contributed by atoms with Crippen LogP contribution >= 0.6 is 27.7 Å². The van der Waals surface area contributed by atoms with Gasteiger partial charge in [-0.3, -0.25) is 0 Å². The number of hydrogen-bond acceptors (Lipinski definition) is 2. The second kappa shape index (κ2) is 6.26. The van der Waals surface area contributed by atoms with E-state index < -0.39 is 5.97 Å². The summed E-state index contributed by atoms with van der Waals surface area (Å²) in [4.78, 5) is 12.0. The summed E-state index contributed by atoms with van der Waals surface area (Å²) in [6, 6.07) is 13.5. The van der Waals surface area contributed by atoms with Gasteiger partial charge in [0.15, 0.2) is 0 Å². The molecule has 2 nitrogen and oxygen atoms in total. The van der Waals surface area contributed by atoms with Gasteiger partial charge in [-0.15, -0.1) is 11.8 Å². The van der Waals surface area contributed by atoms with Gasteiger partial charge in [-0.25, -0.2) is 4.79 Å². The fraction of sp³-hybridized carbons (Fsp3) is 0.133. The fourth-order valence-electron chi connectivity index (χ4n) is 1.76. The molecule has 0 bridgehead atoms. The summed E-state index contributed by atoms with van der Waals surface area (Å²) in [6.07, 6.45) is 0. The molecule has 0 saturated heterocycles. The number of benzene rings is 2. The predicted molar refractivity (Wildman–Crippen MR) is 81.8 cm³/mol. The van der Waals surface area contributed by atoms with Gasteiger partial charge in [0, 0.05) is 15.1 Å². The number of carboxylic acid groups (broad SMARTS) is 1. The number of carboxylic acids is 1. The minimum atomic E-state index is -0.890. The van der Waals surface area contributed by atoms with E-state index in [1.807, 2.05) is 12.1 Å². The molecule has 2 rings (SSSR count). The van der Waals surface area contributed by atoms with Crippen molar-refractivity contribution in [1.82, 2.24) is 0 Å². The van der Waals surface area contributed by atoms with Gasteiger partial charge >= 0.3 is 5.97 Å². The summed E-state index contributed by atoms with van der Waals surface area (Å²) < 4.78 is 0.893. The molecular formula is C15H13BrO2S. The molecule has 0 aliphatic heterocycles. The molecule has 0 aromatic heterocycles. The van der Waals surface area contributed by atoms with Crippen molar-refractivity contribution in [2.75, 3.05) is 0 Å². The van der Waals surface area contributed by atoms with Crippen LogP contribution in [-0.4, -0.2) is 11.1 Å². The minimum absolute atomic E-state index is 0.348. The van der Waals surface area contributed by atoms with Crippen LogP contribution in [0.25, 0.3) is 0 Å². The first kappa shape index (κ1) is 14.2. The molecule has 0 unspecified atom stereocenters. The number of thioether (sulfide) groups is 1. The molecule has 0 aliphatic carbocycles. The van der Waals surface area contributed by atoms with E-state index in [-0.39, 0.29) is 0 Å². The normalized spacial score (nSPS) is 10.4. The Morgan fingerprint density at radius 2 is 2.05 bits per heavy atom. The maximum absolute atomic E-state index is 11.2. The highest BCUT2D eigenvalue weighted by Gasteiger charge is 2.10. The van der Waals surface area contributed by atoms with Gasteiger partial charge in [-0.1, -0.05) is 45.8 Å². The first-order chi connectivity index (χ1) is 9.06. The smallest absolute Gasteiger partial charge is 0.336 e. The van der Waals surface area contributed by atoms with Crippen molar-refractivity contribution in [3.8, 4) is 0 Å². The molecule has 0 saturated carbocycles. The van der Waals surface area contributed by atoms with Crippen LogP contribution in [0.2, 0.25) is 0 Å². The Kier molecular flexibility index (Phi) is 4.66. The number of aromatic carboxylic acids is 1. The largest absolute Gasteiger partial charge is 0.478 e. The summed E-state index contributed by atoms with van der Waals surface area (Å²) in [5.41, 5.74) is 2.76. The number of halogens is 1. The Balaban J connectivity index is 2.19. The fourth-order valence-corrected chi connectivity index (χ4v) is 3.29. The second-order valence-corrected chi connectivity index (χ2v) is 6.16. The van der Waals surface area contributed by atoms with E-state index in [9.17, 15) is 4.79 Å². The van der Waals surface area contributed by atoms with Gasteiger partial charge in [0.05, 0.1) is 5.56 Å². The van der Waals surface area contributed by atoms with Crippen LogP contribution in [0.3, 0.4) is 0 Å². The van der Waals surface area contributed by atoms with Gasteiger partial charge in [-0.05, 0) is 30.7 Å². The Morgan fingerprint density at radius 1 is 1.26 bits per heavy atom. The lowest BCUT2D eigenvalue weighted by molar-refractivity contribution is 0.0693. The lowest BCUT2D eigenvalue weighted by Gasteiger charge is -2.07. The van der Waals surface area contributed by atoms with Crippen molar-refractivity contribution in [3.63, 3.8) is 0 Å². The molecular weight excluding hydrogens is 324 g/mol. The summed E-state index contributed by atoms with van der Waals surface area (Å²) in [7, 11) is 0. The van der Waals surface area contributed by atoms with E-state index in [0.29, 0.717) is 5.56 Å². The van der Waals surface area contributed by atoms with Crippen molar-refractivity contribution >= 4 is 33.7 Å². The van der Waals surface area contributed by atoms with E-state index in [2.05, 4.69) is 41.1 Å². The van der Waals surface area contributed by atoms with E-state index >= 15 is 0 Å². The van der Waals surface area contributed by atoms with Crippen LogP contribution in [-0.2, 0) is 5.75 Å². The van der Waals surface area contributed by atoms with Gasteiger partial charge in [0.2, 0.25) is 0 Å². The van der Waals surface area contributed by atoms with E-state index in [1.54, 1.807) is 23.9 Å². The summed E-state index contributed by atoms with van der Waals surface area (Å²) in [6.45, 7) is 2.05. The lowest BCUT2D eigenvalue weighted by atomic mass is 10.2. The molecule has 0 spiro atoms. The number of carbonyl (C=O) groups is 1. The first-order valence-electron chi connectivity index (χ1n) is 5.77. The maximum atomic E-state index is 11.2. The van der Waals surface area contributed by atoms with E-state index in [0.717, 1.165) is 15.1 Å². The van der Waals surface area contributed by atoms with E-state index in [1.165, 1.54) is 11.1 Å². The Hall–Kier alpha value is -1.26. The molecule has 0 amide bonds. The SMILES string of the molecule is Cc1cccc(CSc2cc(Br)ccc2C(=O)O)c1. The second-order valence-electron chi connectivity index (χ2n) is 4.22. The average Bonchev–Trinajstić information content (AvgIpc) is 2.36. The standard InChI is InChI=1S/C15H13BrO2S/c1-10-3-2-4-11(7-10)9-19-14-8-12(16)5-6-13(14)15(17)18/h2-8H,9H2,1H3,(H,17,18). The maximum Gasteiger partial charge on any atom is 0.336 e. The van der Waals surface area contributed by atoms with Gasteiger partial charge in [0.1, 0.15) is 0 Å². The number of hydrogen-bond donors (Lipinski definition) is 1. The molecule has 1 N–H and O–H groups in total. The Labute approximate surface area is 125 Å². The highest BCUT2D eigenvalue weighted by Crippen LogP contribution is 2.29. The van der Waals surface area contributed by atoms with Crippen LogP contribution < -0.4 is 0 Å². The third kappa shape index (κ3) is 3.85. The number of rotatable bonds is 4. The molecule has 0 atom stereocenters. The Morgan fingerprint density at radius 3 is 2.74 bits per heavy atom. The quantitative estimate of drug-likeness (QED) is 0.818. The van der Waals surface area contributed by atoms with Gasteiger partial charge < -0.3 is 5.11 Å². The zero-order chi connectivity index (χ0) is 13.8. The zero-order valence-corrected chi connectivity index (χ0v) is 12.8. The monoisotopic (exact) mass is 336 g/mol. The topological polar surface area (TPSA) is 37.3 Å². The molecule has 0 fully saturated rings. The zero-order valence-electron chi connectivity index (χ0n) is 10.4. The number of aryl methyl sites for hydroxylation is 1. The summed E-state index contributed by atoms with van der Waals surface area (Å²) in [5, 5.41) is 9.17. The van der Waals surface area contributed by atoms with Crippen LogP contribution in [0.4, 0.5) is 0 Å². The van der Waals surface area contributed by atoms with Gasteiger partial charge in [-0.2, -0.15) is 0 Å². The molecule has 0 heterocycles. The van der Waals surface area contributed by atoms with Crippen molar-refractivity contribution in [2.45, 2.75) is 17.6 Å². The first-order valence-corrected chi connectivity index (χ1v) is 7.55. The van der Waals surface area contributed by atoms with Crippen LogP contribution in [0.5, 0.6) is 0 Å². The Bertz CT molecular complexity index is 611. The van der Waals surface area contributed by atoms with Crippen LogP contribution in [0.15, 0.2) is 51.8 Å². The van der Waals surface area contributed by atoms with Crippen molar-refractivity contribution in [2.24, 2.45) is 0 Å². The minimum Gasteiger partial charge on any atom is -0.478 e. The average molecular weight is 337 g/mol. The molecule has 0 radical (unpaired) electrons. The predicted octanol–water partition coefficient (Wildman–Crippen LogP) is 4.75. The van der Waals surface area contributed by atoms with Gasteiger partial charge in [0.25, 0.3) is 0 Å². The highest BCUT2D eigenvalue weighted by atomic mass is 79.9. The molecule has 4 heteroatoms. The summed E-state index contributed by atoms with van der Waals surface area (Å²) >= 11 is 4.92. The molecule has 2 aromatic rings. The van der Waals surface area contributed by atoms with Crippen molar-refractivity contribution in [1.29, 1.82) is 0 Å². The highest BCUT2D eigenvalue weighted by molar-refractivity contribution is 9.10. The van der Waals surface area contributed by atoms with Crippen LogP contribution in [0.1, 0.15) is 21.5 Å². The summed E-state index contributed by atoms with van der Waals surface area (Å²) in [5.74, 6) is -0.127. The molecule has 19 heavy (non-hydrogen) atoms. The third-order valence-electron chi connectivity index (χ3n) is 2.65. The van der Waals surface area contributed by atoms with Crippen LogP contribution in [0, 0.1) is 6.92 Å². The molecule has 2 aromatic carbocycles. The van der Waals surface area contributed by atoms with Crippen molar-refractivity contribution in [3.05, 3.63) is 63.6 Å². The third-order valence-corrected chi connectivity index (χ3v) is 4.27.